The number of methoxy groups -OCH3 is 2. The molecule has 1 aromatic rings. The SMILES string of the molecule is COc1ccc(OC)c(S(=O)(=O)NO)c1. The van der Waals surface area contributed by atoms with Gasteiger partial charge in [0.15, 0.2) is 0 Å². The molecular weight excluding hydrogens is 222 g/mol. The highest BCUT2D eigenvalue weighted by atomic mass is 32.2. The number of rotatable bonds is 4. The lowest BCUT2D eigenvalue weighted by molar-refractivity contribution is 0.242. The predicted octanol–water partition coefficient (Wildman–Crippen LogP) is 0.371. The van der Waals surface area contributed by atoms with Gasteiger partial charge in [0.2, 0.25) is 0 Å². The van der Waals surface area contributed by atoms with Crippen LogP contribution in [0, 0.1) is 0 Å². The smallest absolute Gasteiger partial charge is 0.266 e. The number of ether oxygens (including phenoxy) is 2. The Morgan fingerprint density at radius 1 is 1.27 bits per heavy atom. The zero-order valence-corrected chi connectivity index (χ0v) is 9.04. The van der Waals surface area contributed by atoms with Gasteiger partial charge < -0.3 is 14.7 Å². The van der Waals surface area contributed by atoms with E-state index in [-0.39, 0.29) is 10.6 Å². The molecule has 0 radical (unpaired) electrons. The van der Waals surface area contributed by atoms with Crippen molar-refractivity contribution < 1.29 is 23.1 Å². The summed E-state index contributed by atoms with van der Waals surface area (Å²) in [6.07, 6.45) is 0. The molecule has 2 N–H and O–H groups in total. The van der Waals surface area contributed by atoms with Crippen LogP contribution in [0.5, 0.6) is 11.5 Å². The molecule has 0 saturated carbocycles. The van der Waals surface area contributed by atoms with E-state index in [9.17, 15) is 8.42 Å². The van der Waals surface area contributed by atoms with Crippen molar-refractivity contribution in [1.82, 2.24) is 4.89 Å². The highest BCUT2D eigenvalue weighted by Gasteiger charge is 2.19. The molecule has 0 aliphatic rings. The predicted molar refractivity (Wildman–Crippen MR) is 51.7 cm³/mol. The van der Waals surface area contributed by atoms with Crippen molar-refractivity contribution in [2.24, 2.45) is 0 Å². The van der Waals surface area contributed by atoms with Crippen molar-refractivity contribution in [3.63, 3.8) is 0 Å². The minimum absolute atomic E-state index is 0.123. The van der Waals surface area contributed by atoms with E-state index >= 15 is 0 Å². The van der Waals surface area contributed by atoms with Crippen molar-refractivity contribution in [1.29, 1.82) is 0 Å². The van der Waals surface area contributed by atoms with Crippen LogP contribution in [0.15, 0.2) is 23.1 Å². The second-order valence-electron chi connectivity index (χ2n) is 2.61. The van der Waals surface area contributed by atoms with E-state index < -0.39 is 10.0 Å². The zero-order valence-electron chi connectivity index (χ0n) is 8.22. The molecule has 6 nitrogen and oxygen atoms in total. The molecule has 84 valence electrons. The molecule has 0 saturated heterocycles. The summed E-state index contributed by atoms with van der Waals surface area (Å²) in [6.45, 7) is 0. The average Bonchev–Trinajstić information content (AvgIpc) is 2.28. The van der Waals surface area contributed by atoms with Crippen molar-refractivity contribution in [2.45, 2.75) is 4.90 Å². The van der Waals surface area contributed by atoms with Crippen LogP contribution in [0.25, 0.3) is 0 Å². The fraction of sp³-hybridized carbons (Fsp3) is 0.250. The Labute approximate surface area is 87.4 Å². The van der Waals surface area contributed by atoms with Crippen LogP contribution in [-0.2, 0) is 10.0 Å². The molecule has 0 atom stereocenters. The summed E-state index contributed by atoms with van der Waals surface area (Å²) in [5, 5.41) is 8.50. The number of sulfonamides is 1. The van der Waals surface area contributed by atoms with Gasteiger partial charge in [-0.25, -0.2) is 8.42 Å². The summed E-state index contributed by atoms with van der Waals surface area (Å²) in [5.74, 6) is 0.474. The third-order valence-electron chi connectivity index (χ3n) is 1.78. The third kappa shape index (κ3) is 2.38. The van der Waals surface area contributed by atoms with E-state index in [0.29, 0.717) is 5.75 Å². The number of hydrogen-bond acceptors (Lipinski definition) is 5. The molecule has 7 heteroatoms. The first kappa shape index (κ1) is 11.8. The monoisotopic (exact) mass is 233 g/mol. The quantitative estimate of drug-likeness (QED) is 0.734. The second-order valence-corrected chi connectivity index (χ2v) is 4.24. The van der Waals surface area contributed by atoms with E-state index in [2.05, 4.69) is 0 Å². The van der Waals surface area contributed by atoms with Gasteiger partial charge in [0.05, 0.1) is 14.2 Å². The first-order valence-corrected chi connectivity index (χ1v) is 5.41. The van der Waals surface area contributed by atoms with Gasteiger partial charge in [0, 0.05) is 6.07 Å². The highest BCUT2D eigenvalue weighted by molar-refractivity contribution is 7.89. The van der Waals surface area contributed by atoms with Gasteiger partial charge in [-0.15, -0.1) is 0 Å². The maximum absolute atomic E-state index is 11.4. The van der Waals surface area contributed by atoms with Crippen LogP contribution >= 0.6 is 0 Å². The van der Waals surface area contributed by atoms with Crippen LogP contribution in [0.3, 0.4) is 0 Å². The minimum Gasteiger partial charge on any atom is -0.497 e. The number of nitrogens with one attached hydrogen (secondary N) is 1. The summed E-state index contributed by atoms with van der Waals surface area (Å²) >= 11 is 0. The van der Waals surface area contributed by atoms with Crippen LogP contribution in [0.1, 0.15) is 0 Å². The molecule has 0 unspecified atom stereocenters. The fourth-order valence-corrected chi connectivity index (χ4v) is 1.83. The first-order chi connectivity index (χ1) is 7.05. The molecule has 0 aliphatic carbocycles. The standard InChI is InChI=1S/C8H11NO5S/c1-13-6-3-4-7(14-2)8(5-6)15(11,12)9-10/h3-5,9-10H,1-2H3. The molecule has 1 rings (SSSR count). The largest absolute Gasteiger partial charge is 0.497 e. The lowest BCUT2D eigenvalue weighted by Crippen LogP contribution is -2.20. The maximum atomic E-state index is 11.4. The number of benzene rings is 1. The summed E-state index contributed by atoms with van der Waals surface area (Å²) in [6, 6.07) is 4.23. The summed E-state index contributed by atoms with van der Waals surface area (Å²) < 4.78 is 32.4. The summed E-state index contributed by atoms with van der Waals surface area (Å²) in [7, 11) is -1.23. The van der Waals surface area contributed by atoms with E-state index in [4.69, 9.17) is 14.7 Å². The Morgan fingerprint density at radius 3 is 2.40 bits per heavy atom. The van der Waals surface area contributed by atoms with Crippen molar-refractivity contribution in [3.8, 4) is 11.5 Å². The molecule has 0 fully saturated rings. The van der Waals surface area contributed by atoms with Crippen LogP contribution in [0.2, 0.25) is 0 Å². The Bertz CT molecular complexity index is 442. The van der Waals surface area contributed by atoms with E-state index in [1.54, 1.807) is 6.07 Å². The highest BCUT2D eigenvalue weighted by Crippen LogP contribution is 2.27. The molecule has 0 bridgehead atoms. The van der Waals surface area contributed by atoms with Crippen LogP contribution in [-0.4, -0.2) is 27.8 Å². The Kier molecular flexibility index (Phi) is 3.51. The van der Waals surface area contributed by atoms with Gasteiger partial charge in [-0.2, -0.15) is 0 Å². The van der Waals surface area contributed by atoms with E-state index in [0.717, 1.165) is 0 Å². The first-order valence-electron chi connectivity index (χ1n) is 3.93. The van der Waals surface area contributed by atoms with E-state index in [1.165, 1.54) is 31.2 Å². The molecule has 0 heterocycles. The fourth-order valence-electron chi connectivity index (χ4n) is 1.04. The van der Waals surface area contributed by atoms with E-state index in [1.807, 2.05) is 0 Å². The summed E-state index contributed by atoms with van der Waals surface area (Å²) in [4.78, 5) is 1.03. The maximum Gasteiger partial charge on any atom is 0.266 e. The second kappa shape index (κ2) is 4.47. The van der Waals surface area contributed by atoms with Crippen LogP contribution in [0.4, 0.5) is 0 Å². The molecule has 0 aromatic heterocycles. The van der Waals surface area contributed by atoms with Crippen molar-refractivity contribution in [3.05, 3.63) is 18.2 Å². The van der Waals surface area contributed by atoms with Gasteiger partial charge in [-0.05, 0) is 12.1 Å². The third-order valence-corrected chi connectivity index (χ3v) is 2.92. The normalized spacial score (nSPS) is 11.1. The Balaban J connectivity index is 3.36. The van der Waals surface area contributed by atoms with Gasteiger partial charge in [0.25, 0.3) is 10.0 Å². The average molecular weight is 233 g/mol. The molecule has 0 amide bonds. The van der Waals surface area contributed by atoms with Gasteiger partial charge in [-0.3, -0.25) is 0 Å². The summed E-state index contributed by atoms with van der Waals surface area (Å²) in [5.41, 5.74) is 0. The molecular formula is C8H11NO5S. The zero-order chi connectivity index (χ0) is 11.5. The van der Waals surface area contributed by atoms with Gasteiger partial charge in [-0.1, -0.05) is 4.89 Å². The van der Waals surface area contributed by atoms with Gasteiger partial charge >= 0.3 is 0 Å². The molecule has 0 spiro atoms. The lowest BCUT2D eigenvalue weighted by Gasteiger charge is -2.09. The lowest BCUT2D eigenvalue weighted by atomic mass is 10.3. The van der Waals surface area contributed by atoms with Crippen molar-refractivity contribution >= 4 is 10.0 Å². The Hall–Kier alpha value is -1.31. The molecule has 0 aliphatic heterocycles. The minimum atomic E-state index is -3.97. The van der Waals surface area contributed by atoms with Crippen molar-refractivity contribution in [2.75, 3.05) is 14.2 Å². The molecule has 1 aromatic carbocycles. The van der Waals surface area contributed by atoms with Gasteiger partial charge in [0.1, 0.15) is 16.4 Å². The number of hydrogen-bond donors (Lipinski definition) is 2. The Morgan fingerprint density at radius 2 is 1.93 bits per heavy atom. The molecule has 15 heavy (non-hydrogen) atoms. The topological polar surface area (TPSA) is 84.9 Å². The van der Waals surface area contributed by atoms with Crippen LogP contribution < -0.4 is 14.4 Å².